The molecule has 1 aromatic rings. The van der Waals surface area contributed by atoms with E-state index in [1.54, 1.807) is 0 Å². The van der Waals surface area contributed by atoms with Crippen LogP contribution in [0.3, 0.4) is 0 Å². The first-order valence-electron chi connectivity index (χ1n) is 1.60. The summed E-state index contributed by atoms with van der Waals surface area (Å²) in [5.41, 5.74) is 3.38. The lowest BCUT2D eigenvalue weighted by molar-refractivity contribution is 0.387. The zero-order valence-corrected chi connectivity index (χ0v) is 4.14. The third-order valence-corrected chi connectivity index (χ3v) is 1.05. The van der Waals surface area contributed by atoms with Gasteiger partial charge in [-0.25, -0.2) is 5.48 Å². The predicted octanol–water partition coefficient (Wildman–Crippen LogP) is 0.339. The van der Waals surface area contributed by atoms with Crippen molar-refractivity contribution >= 4 is 16.5 Å². The Morgan fingerprint density at radius 2 is 2.71 bits per heavy atom. The molecule has 0 bridgehead atoms. The first-order chi connectivity index (χ1) is 3.43. The Kier molecular flexibility index (Phi) is 1.19. The molecule has 2 N–H and O–H groups in total. The third-order valence-electron chi connectivity index (χ3n) is 0.456. The highest BCUT2D eigenvalue weighted by atomic mass is 32.1. The number of hydrogen-bond donors (Lipinski definition) is 2. The minimum absolute atomic E-state index is 0.417. The van der Waals surface area contributed by atoms with Gasteiger partial charge in [-0.3, -0.25) is 5.21 Å². The van der Waals surface area contributed by atoms with E-state index in [0.717, 1.165) is 0 Å². The Bertz CT molecular complexity index is 127. The summed E-state index contributed by atoms with van der Waals surface area (Å²) in [6, 6.07) is 0. The Labute approximate surface area is 43.8 Å². The Balaban J connectivity index is 2.76. The Morgan fingerprint density at radius 3 is 3.00 bits per heavy atom. The van der Waals surface area contributed by atoms with Gasteiger partial charge in [-0.2, -0.15) is 0 Å². The predicted molar refractivity (Wildman–Crippen MR) is 25.3 cm³/mol. The monoisotopic (exact) mass is 117 g/mol. The van der Waals surface area contributed by atoms with Crippen LogP contribution in [-0.4, -0.2) is 15.4 Å². The summed E-state index contributed by atoms with van der Waals surface area (Å²) in [5, 5.41) is 15.4. The Morgan fingerprint density at radius 1 is 1.86 bits per heavy atom. The number of nitrogens with one attached hydrogen (secondary N) is 1. The molecule has 1 heterocycles. The summed E-state index contributed by atoms with van der Waals surface area (Å²) in [6.45, 7) is 0. The Hall–Kier alpha value is -0.680. The summed E-state index contributed by atoms with van der Waals surface area (Å²) in [6.07, 6.45) is 0. The normalized spacial score (nSPS) is 8.71. The molecular weight excluding hydrogens is 114 g/mol. The van der Waals surface area contributed by atoms with Crippen LogP contribution >= 0.6 is 11.3 Å². The molecule has 4 nitrogen and oxygen atoms in total. The number of anilines is 1. The number of hydrogen-bond acceptors (Lipinski definition) is 5. The quantitative estimate of drug-likeness (QED) is 0.521. The van der Waals surface area contributed by atoms with Gasteiger partial charge in [0.25, 0.3) is 0 Å². The van der Waals surface area contributed by atoms with Crippen molar-refractivity contribution in [3.05, 3.63) is 5.51 Å². The van der Waals surface area contributed by atoms with Gasteiger partial charge >= 0.3 is 0 Å². The van der Waals surface area contributed by atoms with E-state index in [0.29, 0.717) is 5.13 Å². The average molecular weight is 117 g/mol. The van der Waals surface area contributed by atoms with Crippen LogP contribution < -0.4 is 5.48 Å². The van der Waals surface area contributed by atoms with E-state index in [4.69, 9.17) is 5.21 Å². The van der Waals surface area contributed by atoms with E-state index in [2.05, 4.69) is 10.2 Å². The molecule has 5 heteroatoms. The molecule has 1 rings (SSSR count). The molecule has 1 aromatic heterocycles. The molecule has 0 aliphatic carbocycles. The standard InChI is InChI=1S/C2H3N3OS/c6-5-2-4-3-1-7-2/h1,6H,(H,4,5). The van der Waals surface area contributed by atoms with Gasteiger partial charge in [-0.1, -0.05) is 11.3 Å². The SMILES string of the molecule is ONc1nncs1. The molecule has 38 valence electrons. The zero-order chi connectivity index (χ0) is 5.11. The van der Waals surface area contributed by atoms with E-state index in [1.807, 2.05) is 5.48 Å². The molecule has 0 unspecified atom stereocenters. The van der Waals surface area contributed by atoms with E-state index in [1.165, 1.54) is 16.8 Å². The van der Waals surface area contributed by atoms with Gasteiger partial charge in [0, 0.05) is 0 Å². The van der Waals surface area contributed by atoms with Gasteiger partial charge in [-0.15, -0.1) is 10.2 Å². The fourth-order valence-electron chi connectivity index (χ4n) is 0.222. The fourth-order valence-corrected chi connectivity index (χ4v) is 0.563. The average Bonchev–Trinajstić information content (AvgIpc) is 2.14. The largest absolute Gasteiger partial charge is 0.289 e. The maximum Gasteiger partial charge on any atom is 0.229 e. The second kappa shape index (κ2) is 1.85. The van der Waals surface area contributed by atoms with Gasteiger partial charge in [0.15, 0.2) is 0 Å². The molecule has 0 saturated carbocycles. The van der Waals surface area contributed by atoms with Gasteiger partial charge in [0.1, 0.15) is 5.51 Å². The van der Waals surface area contributed by atoms with Crippen LogP contribution in [0.2, 0.25) is 0 Å². The number of aromatic nitrogens is 2. The first kappa shape index (κ1) is 4.48. The molecule has 0 fully saturated rings. The summed E-state index contributed by atoms with van der Waals surface area (Å²) in [7, 11) is 0. The highest BCUT2D eigenvalue weighted by Crippen LogP contribution is 2.04. The third kappa shape index (κ3) is 0.847. The maximum atomic E-state index is 8.08. The maximum absolute atomic E-state index is 8.08. The zero-order valence-electron chi connectivity index (χ0n) is 3.33. The summed E-state index contributed by atoms with van der Waals surface area (Å²) in [4.78, 5) is 0. The molecule has 0 radical (unpaired) electrons. The van der Waals surface area contributed by atoms with E-state index in [9.17, 15) is 0 Å². The molecule has 0 amide bonds. The van der Waals surface area contributed by atoms with Crippen molar-refractivity contribution in [3.8, 4) is 0 Å². The van der Waals surface area contributed by atoms with Crippen molar-refractivity contribution in [2.24, 2.45) is 0 Å². The fraction of sp³-hybridized carbons (Fsp3) is 0. The molecule has 0 atom stereocenters. The van der Waals surface area contributed by atoms with E-state index >= 15 is 0 Å². The molecule has 0 spiro atoms. The van der Waals surface area contributed by atoms with Crippen LogP contribution in [0.15, 0.2) is 5.51 Å². The smallest absolute Gasteiger partial charge is 0.229 e. The lowest BCUT2D eigenvalue weighted by atomic mass is 11.3. The summed E-state index contributed by atoms with van der Waals surface area (Å²) < 4.78 is 0. The lowest BCUT2D eigenvalue weighted by Crippen LogP contribution is -1.85. The minimum atomic E-state index is 0.417. The number of rotatable bonds is 1. The van der Waals surface area contributed by atoms with Gasteiger partial charge in [0.05, 0.1) is 0 Å². The van der Waals surface area contributed by atoms with Gasteiger partial charge < -0.3 is 0 Å². The van der Waals surface area contributed by atoms with Crippen molar-refractivity contribution in [1.82, 2.24) is 10.2 Å². The van der Waals surface area contributed by atoms with Crippen molar-refractivity contribution in [2.75, 3.05) is 5.48 Å². The van der Waals surface area contributed by atoms with E-state index < -0.39 is 0 Å². The van der Waals surface area contributed by atoms with Crippen LogP contribution in [0.25, 0.3) is 0 Å². The molecule has 0 aliphatic heterocycles. The first-order valence-corrected chi connectivity index (χ1v) is 2.47. The summed E-state index contributed by atoms with van der Waals surface area (Å²) >= 11 is 1.24. The second-order valence-electron chi connectivity index (χ2n) is 0.856. The van der Waals surface area contributed by atoms with Crippen molar-refractivity contribution in [2.45, 2.75) is 0 Å². The van der Waals surface area contributed by atoms with Gasteiger partial charge in [-0.05, 0) is 0 Å². The second-order valence-corrected chi connectivity index (χ2v) is 1.69. The molecule has 0 aromatic carbocycles. The molecule has 0 saturated heterocycles. The highest BCUT2D eigenvalue weighted by molar-refractivity contribution is 7.13. The minimum Gasteiger partial charge on any atom is -0.289 e. The van der Waals surface area contributed by atoms with Crippen molar-refractivity contribution < 1.29 is 5.21 Å². The number of nitrogens with zero attached hydrogens (tertiary/aromatic N) is 2. The van der Waals surface area contributed by atoms with Crippen molar-refractivity contribution in [1.29, 1.82) is 0 Å². The van der Waals surface area contributed by atoms with Crippen LogP contribution in [0.4, 0.5) is 5.13 Å². The topological polar surface area (TPSA) is 58.0 Å². The molecule has 7 heavy (non-hydrogen) atoms. The van der Waals surface area contributed by atoms with Crippen LogP contribution in [0.1, 0.15) is 0 Å². The molecule has 0 aliphatic rings. The lowest BCUT2D eigenvalue weighted by Gasteiger charge is -1.80. The summed E-state index contributed by atoms with van der Waals surface area (Å²) in [5.74, 6) is 0. The highest BCUT2D eigenvalue weighted by Gasteiger charge is 1.86. The van der Waals surface area contributed by atoms with Crippen molar-refractivity contribution in [3.63, 3.8) is 0 Å². The molecular formula is C2H3N3OS. The van der Waals surface area contributed by atoms with E-state index in [-0.39, 0.29) is 0 Å². The van der Waals surface area contributed by atoms with Crippen LogP contribution in [0, 0.1) is 0 Å². The van der Waals surface area contributed by atoms with Crippen LogP contribution in [0.5, 0.6) is 0 Å². The van der Waals surface area contributed by atoms with Gasteiger partial charge in [0.2, 0.25) is 5.13 Å². The van der Waals surface area contributed by atoms with Crippen LogP contribution in [-0.2, 0) is 0 Å².